The van der Waals surface area contributed by atoms with Gasteiger partial charge in [-0.05, 0) is 32.6 Å². The third kappa shape index (κ3) is 5.55. The fraction of sp³-hybridized carbons (Fsp3) is 0.929. The third-order valence-electron chi connectivity index (χ3n) is 2.62. The minimum absolute atomic E-state index is 0.198. The Labute approximate surface area is 122 Å². The van der Waals surface area contributed by atoms with Crippen LogP contribution in [-0.2, 0) is 23.1 Å². The number of carbonyl (C=O) groups is 1. The molecule has 0 spiro atoms. The van der Waals surface area contributed by atoms with Gasteiger partial charge in [-0.15, -0.1) is 0 Å². The highest BCUT2D eigenvalue weighted by atomic mass is 31.2. The summed E-state index contributed by atoms with van der Waals surface area (Å²) in [5, 5.41) is -1.31. The van der Waals surface area contributed by atoms with Gasteiger partial charge < -0.3 is 13.8 Å². The summed E-state index contributed by atoms with van der Waals surface area (Å²) < 4.78 is 29.0. The monoisotopic (exact) mass is 308 g/mol. The largest absolute Gasteiger partial charge is 0.465 e. The van der Waals surface area contributed by atoms with E-state index in [9.17, 15) is 9.36 Å². The zero-order chi connectivity index (χ0) is 16.0. The lowest BCUT2D eigenvalue weighted by Crippen LogP contribution is -2.36. The van der Waals surface area contributed by atoms with Crippen molar-refractivity contribution in [3.63, 3.8) is 0 Å². The van der Waals surface area contributed by atoms with Gasteiger partial charge in [0.05, 0.1) is 19.8 Å². The highest BCUT2D eigenvalue weighted by Gasteiger charge is 2.51. The summed E-state index contributed by atoms with van der Waals surface area (Å²) in [6.07, 6.45) is 0. The first kappa shape index (κ1) is 19.6. The molecular weight excluding hydrogens is 279 g/mol. The van der Waals surface area contributed by atoms with E-state index in [0.717, 1.165) is 0 Å². The molecule has 0 N–H and O–H groups in total. The Morgan fingerprint density at radius 3 is 1.75 bits per heavy atom. The minimum atomic E-state index is -3.59. The fourth-order valence-electron chi connectivity index (χ4n) is 1.27. The van der Waals surface area contributed by atoms with Gasteiger partial charge in [-0.2, -0.15) is 0 Å². The van der Waals surface area contributed by atoms with Crippen LogP contribution in [0.15, 0.2) is 0 Å². The lowest BCUT2D eigenvalue weighted by Gasteiger charge is -2.32. The Morgan fingerprint density at radius 1 is 1.05 bits per heavy atom. The van der Waals surface area contributed by atoms with Crippen molar-refractivity contribution in [1.82, 2.24) is 0 Å². The summed E-state index contributed by atoms with van der Waals surface area (Å²) in [4.78, 5) is 12.0. The standard InChI is InChI=1S/C14H29O5P/c1-8-17-13(15)14(6,7)20(16,18-9-11(2)3)19-10-12(4)5/h11-12H,8-10H2,1-7H3. The van der Waals surface area contributed by atoms with E-state index in [2.05, 4.69) is 0 Å². The van der Waals surface area contributed by atoms with Gasteiger partial charge in [0.2, 0.25) is 0 Å². The molecule has 0 aliphatic heterocycles. The van der Waals surface area contributed by atoms with Crippen LogP contribution < -0.4 is 0 Å². The highest BCUT2D eigenvalue weighted by Crippen LogP contribution is 2.60. The molecule has 0 aliphatic rings. The van der Waals surface area contributed by atoms with Crippen molar-refractivity contribution in [2.75, 3.05) is 19.8 Å². The summed E-state index contributed by atoms with van der Waals surface area (Å²) in [5.74, 6) is -0.163. The van der Waals surface area contributed by atoms with E-state index >= 15 is 0 Å². The predicted molar refractivity (Wildman–Crippen MR) is 79.9 cm³/mol. The van der Waals surface area contributed by atoms with E-state index in [4.69, 9.17) is 13.8 Å². The van der Waals surface area contributed by atoms with Gasteiger partial charge in [0.25, 0.3) is 0 Å². The number of hydrogen-bond acceptors (Lipinski definition) is 5. The van der Waals surface area contributed by atoms with E-state index in [-0.39, 0.29) is 31.7 Å². The quantitative estimate of drug-likeness (QED) is 0.478. The van der Waals surface area contributed by atoms with Crippen LogP contribution in [0.5, 0.6) is 0 Å². The maximum absolute atomic E-state index is 13.0. The molecule has 120 valence electrons. The van der Waals surface area contributed by atoms with E-state index in [1.807, 2.05) is 27.7 Å². The molecule has 0 aromatic rings. The van der Waals surface area contributed by atoms with E-state index in [1.54, 1.807) is 20.8 Å². The molecule has 6 heteroatoms. The van der Waals surface area contributed by atoms with Gasteiger partial charge in [0, 0.05) is 0 Å². The molecule has 0 amide bonds. The molecule has 5 nitrogen and oxygen atoms in total. The number of rotatable bonds is 9. The first-order valence-corrected chi connectivity index (χ1v) is 8.67. The summed E-state index contributed by atoms with van der Waals surface area (Å²) in [7, 11) is -3.59. The van der Waals surface area contributed by atoms with Crippen LogP contribution >= 0.6 is 7.60 Å². The Kier molecular flexibility index (Phi) is 8.00. The average molecular weight is 308 g/mol. The molecule has 0 rings (SSSR count). The van der Waals surface area contributed by atoms with Crippen molar-refractivity contribution in [2.24, 2.45) is 11.8 Å². The normalized spacial score (nSPS) is 13.1. The average Bonchev–Trinajstić information content (AvgIpc) is 2.33. The molecule has 0 atom stereocenters. The number of esters is 1. The SMILES string of the molecule is CCOC(=O)C(C)(C)P(=O)(OCC(C)C)OCC(C)C. The van der Waals surface area contributed by atoms with Crippen molar-refractivity contribution >= 4 is 13.6 Å². The smallest absolute Gasteiger partial charge is 0.347 e. The molecule has 0 saturated carbocycles. The van der Waals surface area contributed by atoms with Gasteiger partial charge in [-0.3, -0.25) is 9.36 Å². The maximum atomic E-state index is 13.0. The van der Waals surface area contributed by atoms with E-state index in [1.165, 1.54) is 0 Å². The first-order valence-electron chi connectivity index (χ1n) is 7.13. The molecule has 0 radical (unpaired) electrons. The van der Waals surface area contributed by atoms with Gasteiger partial charge in [-0.1, -0.05) is 27.7 Å². The van der Waals surface area contributed by atoms with Crippen molar-refractivity contribution in [3.8, 4) is 0 Å². The number of carbonyl (C=O) groups excluding carboxylic acids is 1. The molecular formula is C14H29O5P. The minimum Gasteiger partial charge on any atom is -0.465 e. The van der Waals surface area contributed by atoms with Gasteiger partial charge in [0.1, 0.15) is 0 Å². The van der Waals surface area contributed by atoms with Gasteiger partial charge in [0.15, 0.2) is 5.16 Å². The third-order valence-corrected chi connectivity index (χ3v) is 5.15. The molecule has 0 heterocycles. The first-order chi connectivity index (χ1) is 9.06. The molecule has 0 fully saturated rings. The number of ether oxygens (including phenoxy) is 1. The lowest BCUT2D eigenvalue weighted by molar-refractivity contribution is -0.146. The molecule has 0 aromatic carbocycles. The van der Waals surface area contributed by atoms with E-state index in [0.29, 0.717) is 0 Å². The molecule has 0 aliphatic carbocycles. The molecule has 0 saturated heterocycles. The van der Waals surface area contributed by atoms with Crippen LogP contribution in [0.4, 0.5) is 0 Å². The summed E-state index contributed by atoms with van der Waals surface area (Å²) in [6.45, 7) is 13.4. The van der Waals surface area contributed by atoms with Crippen molar-refractivity contribution in [2.45, 2.75) is 53.6 Å². The molecule has 0 bridgehead atoms. The second kappa shape index (κ2) is 8.16. The van der Waals surface area contributed by atoms with Crippen LogP contribution in [0.1, 0.15) is 48.5 Å². The summed E-state index contributed by atoms with van der Waals surface area (Å²) >= 11 is 0. The Morgan fingerprint density at radius 2 is 1.45 bits per heavy atom. The second-order valence-corrected chi connectivity index (χ2v) is 8.79. The Bertz CT molecular complexity index is 333. The molecule has 0 aromatic heterocycles. The second-order valence-electron chi connectivity index (χ2n) is 6.16. The Hall–Kier alpha value is -0.380. The predicted octanol–water partition coefficient (Wildman–Crippen LogP) is 3.87. The number of hydrogen-bond donors (Lipinski definition) is 0. The fourth-order valence-corrected chi connectivity index (χ4v) is 3.27. The zero-order valence-corrected chi connectivity index (χ0v) is 14.7. The molecule has 20 heavy (non-hydrogen) atoms. The topological polar surface area (TPSA) is 61.8 Å². The van der Waals surface area contributed by atoms with Crippen LogP contribution in [0.3, 0.4) is 0 Å². The maximum Gasteiger partial charge on any atom is 0.347 e. The van der Waals surface area contributed by atoms with Crippen molar-refractivity contribution in [1.29, 1.82) is 0 Å². The lowest BCUT2D eigenvalue weighted by atomic mass is 10.2. The van der Waals surface area contributed by atoms with Gasteiger partial charge >= 0.3 is 13.6 Å². The summed E-state index contributed by atoms with van der Waals surface area (Å²) in [5.41, 5.74) is 0. The molecule has 0 unspecified atom stereocenters. The van der Waals surface area contributed by atoms with Crippen molar-refractivity contribution in [3.05, 3.63) is 0 Å². The Balaban J connectivity index is 5.16. The van der Waals surface area contributed by atoms with Crippen LogP contribution in [0, 0.1) is 11.8 Å². The summed E-state index contributed by atoms with van der Waals surface area (Å²) in [6, 6.07) is 0. The van der Waals surface area contributed by atoms with Crippen LogP contribution in [0.25, 0.3) is 0 Å². The van der Waals surface area contributed by atoms with Gasteiger partial charge in [-0.25, -0.2) is 0 Å². The zero-order valence-electron chi connectivity index (χ0n) is 13.8. The van der Waals surface area contributed by atoms with Crippen LogP contribution in [0.2, 0.25) is 0 Å². The van der Waals surface area contributed by atoms with Crippen molar-refractivity contribution < 1.29 is 23.1 Å². The van der Waals surface area contributed by atoms with E-state index < -0.39 is 18.7 Å². The highest BCUT2D eigenvalue weighted by molar-refractivity contribution is 7.56. The van der Waals surface area contributed by atoms with Crippen LogP contribution in [-0.4, -0.2) is 30.9 Å².